The van der Waals surface area contributed by atoms with E-state index < -0.39 is 18.5 Å². The Bertz CT molecular complexity index is 245. The van der Waals surface area contributed by atoms with Crippen molar-refractivity contribution < 1.29 is 25.3 Å². The van der Waals surface area contributed by atoms with Crippen LogP contribution >= 0.6 is 0 Å². The average molecular weight is 261 g/mol. The van der Waals surface area contributed by atoms with E-state index in [1.54, 1.807) is 27.7 Å². The molecule has 0 spiro atoms. The van der Waals surface area contributed by atoms with Crippen LogP contribution < -0.4 is 0 Å². The van der Waals surface area contributed by atoms with Gasteiger partial charge in [-0.1, -0.05) is 0 Å². The molecule has 0 aliphatic carbocycles. The zero-order chi connectivity index (χ0) is 14.8. The van der Waals surface area contributed by atoms with Gasteiger partial charge in [0.2, 0.25) is 0 Å². The Hall–Kier alpha value is -1.13. The second-order valence-electron chi connectivity index (χ2n) is 4.26. The van der Waals surface area contributed by atoms with Crippen molar-refractivity contribution in [2.45, 2.75) is 38.9 Å². The lowest BCUT2D eigenvalue weighted by molar-refractivity contribution is -0.107. The van der Waals surface area contributed by atoms with Gasteiger partial charge in [-0.15, -0.1) is 0 Å². The van der Waals surface area contributed by atoms with Gasteiger partial charge in [-0.3, -0.25) is 0 Å². The van der Waals surface area contributed by atoms with E-state index in [9.17, 15) is 0 Å². The normalized spacial score (nSPS) is 10.5. The van der Waals surface area contributed by atoms with Crippen LogP contribution in [-0.4, -0.2) is 58.8 Å². The van der Waals surface area contributed by atoms with E-state index >= 15 is 0 Å². The lowest BCUT2D eigenvalue weighted by Crippen LogP contribution is -2.44. The number of nitrogens with zero attached hydrogens (tertiary/aromatic N) is 3. The van der Waals surface area contributed by atoms with Crippen molar-refractivity contribution in [2.75, 3.05) is 0 Å². The van der Waals surface area contributed by atoms with Gasteiger partial charge in [-0.25, -0.2) is 15.0 Å². The third-order valence-electron chi connectivity index (χ3n) is 1.90. The van der Waals surface area contributed by atoms with Crippen LogP contribution in [0.5, 0.6) is 0 Å². The molecule has 1 aromatic rings. The lowest BCUT2D eigenvalue weighted by Gasteiger charge is -2.31. The molecule has 0 unspecified atom stereocenters. The van der Waals surface area contributed by atoms with Crippen molar-refractivity contribution in [3.63, 3.8) is 0 Å². The van der Waals surface area contributed by atoms with Gasteiger partial charge in [0.05, 0.1) is 11.2 Å². The third kappa shape index (κ3) is 14.9. The van der Waals surface area contributed by atoms with Crippen molar-refractivity contribution >= 4 is 7.32 Å². The van der Waals surface area contributed by atoms with E-state index in [0.29, 0.717) is 0 Å². The van der Waals surface area contributed by atoms with Crippen LogP contribution in [0.1, 0.15) is 27.7 Å². The highest BCUT2D eigenvalue weighted by Gasteiger charge is 2.31. The standard InChI is InChI=1S/C6H14O2.C3H3N3.BH3O3/c1-5(2,7)6(3,4)8;1-4-2-6-3-5-1;2-1(3)4/h7-8H,1-4H3;1-3H;2-4H. The summed E-state index contributed by atoms with van der Waals surface area (Å²) in [7, 11) is -2.17. The molecular weight excluding hydrogens is 241 g/mol. The monoisotopic (exact) mass is 261 g/mol. The van der Waals surface area contributed by atoms with Gasteiger partial charge in [0, 0.05) is 0 Å². The number of hydrogen-bond acceptors (Lipinski definition) is 8. The van der Waals surface area contributed by atoms with Crippen LogP contribution in [0.25, 0.3) is 0 Å². The van der Waals surface area contributed by atoms with Crippen molar-refractivity contribution in [1.29, 1.82) is 0 Å². The summed E-state index contributed by atoms with van der Waals surface area (Å²) in [6.45, 7) is 6.31. The van der Waals surface area contributed by atoms with Crippen molar-refractivity contribution in [1.82, 2.24) is 15.0 Å². The summed E-state index contributed by atoms with van der Waals surface area (Å²) in [5.74, 6) is 0. The van der Waals surface area contributed by atoms with E-state index in [-0.39, 0.29) is 0 Å². The molecule has 1 aromatic heterocycles. The number of aliphatic hydroxyl groups is 2. The molecule has 0 saturated heterocycles. The minimum absolute atomic E-state index is 1.01. The Kier molecular flexibility index (Phi) is 9.49. The van der Waals surface area contributed by atoms with Crippen LogP contribution in [0.2, 0.25) is 0 Å². The van der Waals surface area contributed by atoms with Crippen molar-refractivity contribution in [2.24, 2.45) is 0 Å². The fourth-order valence-corrected chi connectivity index (χ4v) is 0.205. The Labute approximate surface area is 106 Å². The highest BCUT2D eigenvalue weighted by atomic mass is 16.5. The first-order valence-electron chi connectivity index (χ1n) is 5.02. The summed E-state index contributed by atoms with van der Waals surface area (Å²) in [4.78, 5) is 10.7. The minimum atomic E-state index is -2.17. The van der Waals surface area contributed by atoms with Gasteiger partial charge in [0.1, 0.15) is 19.0 Å². The van der Waals surface area contributed by atoms with Gasteiger partial charge >= 0.3 is 7.32 Å². The summed E-state index contributed by atoms with van der Waals surface area (Å²) in [5.41, 5.74) is -2.01. The zero-order valence-corrected chi connectivity index (χ0v) is 10.9. The van der Waals surface area contributed by atoms with Crippen LogP contribution in [0, 0.1) is 0 Å². The molecule has 0 aliphatic rings. The van der Waals surface area contributed by atoms with Crippen LogP contribution in [0.15, 0.2) is 19.0 Å². The summed E-state index contributed by atoms with van der Waals surface area (Å²) >= 11 is 0. The SMILES string of the molecule is CC(C)(O)C(C)(C)O.OB(O)O.c1ncncn1. The maximum Gasteiger partial charge on any atom is 0.631 e. The quantitative estimate of drug-likeness (QED) is 0.379. The first-order valence-corrected chi connectivity index (χ1v) is 5.02. The molecule has 0 aliphatic heterocycles. The second kappa shape index (κ2) is 8.89. The van der Waals surface area contributed by atoms with Crippen molar-refractivity contribution in [3.05, 3.63) is 19.0 Å². The predicted molar refractivity (Wildman–Crippen MR) is 64.8 cm³/mol. The van der Waals surface area contributed by atoms with Crippen molar-refractivity contribution in [3.8, 4) is 0 Å². The van der Waals surface area contributed by atoms with E-state index in [1.807, 2.05) is 0 Å². The van der Waals surface area contributed by atoms with Gasteiger partial charge < -0.3 is 25.3 Å². The highest BCUT2D eigenvalue weighted by molar-refractivity contribution is 6.30. The van der Waals surface area contributed by atoms with Gasteiger partial charge in [-0.2, -0.15) is 0 Å². The molecule has 0 atom stereocenters. The molecule has 0 aromatic carbocycles. The molecule has 1 heterocycles. The summed E-state index contributed by atoms with van der Waals surface area (Å²) in [6.07, 6.45) is 4.31. The second-order valence-corrected chi connectivity index (χ2v) is 4.26. The first kappa shape index (κ1) is 19.2. The van der Waals surface area contributed by atoms with Gasteiger partial charge in [-0.05, 0) is 27.7 Å². The molecule has 0 fully saturated rings. The predicted octanol–water partition coefficient (Wildman–Crippen LogP) is -1.65. The molecule has 1 rings (SSSR count). The maximum atomic E-state index is 9.10. The lowest BCUT2D eigenvalue weighted by atomic mass is 9.90. The summed E-state index contributed by atoms with van der Waals surface area (Å²) in [6, 6.07) is 0. The molecule has 0 bridgehead atoms. The Morgan fingerprint density at radius 1 is 0.722 bits per heavy atom. The Morgan fingerprint density at radius 3 is 0.944 bits per heavy atom. The smallest absolute Gasteiger partial charge is 0.402 e. The average Bonchev–Trinajstić information content (AvgIpc) is 2.17. The third-order valence-corrected chi connectivity index (χ3v) is 1.90. The number of rotatable bonds is 1. The fourth-order valence-electron chi connectivity index (χ4n) is 0.205. The Morgan fingerprint density at radius 2 is 0.889 bits per heavy atom. The van der Waals surface area contributed by atoms with E-state index in [4.69, 9.17) is 25.3 Å². The summed E-state index contributed by atoms with van der Waals surface area (Å²) in [5, 5.41) is 39.7. The largest absolute Gasteiger partial charge is 0.631 e. The van der Waals surface area contributed by atoms with Crippen LogP contribution in [0.3, 0.4) is 0 Å². The number of hydrogen-bond donors (Lipinski definition) is 5. The van der Waals surface area contributed by atoms with E-state index in [0.717, 1.165) is 0 Å². The molecule has 104 valence electrons. The molecule has 8 nitrogen and oxygen atoms in total. The molecule has 5 N–H and O–H groups in total. The van der Waals surface area contributed by atoms with Crippen LogP contribution in [0.4, 0.5) is 0 Å². The zero-order valence-electron chi connectivity index (χ0n) is 10.9. The molecule has 9 heteroatoms. The van der Waals surface area contributed by atoms with E-state index in [1.165, 1.54) is 19.0 Å². The first-order chi connectivity index (χ1) is 7.98. The molecular formula is C9H20BN3O5. The molecule has 18 heavy (non-hydrogen) atoms. The Balaban J connectivity index is 0. The molecule has 0 saturated carbocycles. The maximum absolute atomic E-state index is 9.10. The number of aromatic nitrogens is 3. The molecule has 0 radical (unpaired) electrons. The van der Waals surface area contributed by atoms with E-state index in [2.05, 4.69) is 15.0 Å². The summed E-state index contributed by atoms with van der Waals surface area (Å²) < 4.78 is 0. The fraction of sp³-hybridized carbons (Fsp3) is 0.667. The van der Waals surface area contributed by atoms with Gasteiger partial charge in [0.15, 0.2) is 0 Å². The van der Waals surface area contributed by atoms with Gasteiger partial charge in [0.25, 0.3) is 0 Å². The van der Waals surface area contributed by atoms with Crippen LogP contribution in [-0.2, 0) is 0 Å². The minimum Gasteiger partial charge on any atom is -0.402 e. The molecule has 0 amide bonds. The topological polar surface area (TPSA) is 140 Å². The highest BCUT2D eigenvalue weighted by Crippen LogP contribution is 2.19.